The maximum atomic E-state index is 14.2. The largest absolute Gasteiger partial charge is 0.462 e. The lowest BCUT2D eigenvalue weighted by atomic mass is 9.81. The van der Waals surface area contributed by atoms with Gasteiger partial charge < -0.3 is 15.2 Å². The van der Waals surface area contributed by atoms with Crippen LogP contribution in [0.5, 0.6) is 11.6 Å². The Morgan fingerprint density at radius 3 is 2.74 bits per heavy atom. The summed E-state index contributed by atoms with van der Waals surface area (Å²) >= 11 is 0. The topological polar surface area (TPSA) is 82.6 Å². The van der Waals surface area contributed by atoms with Gasteiger partial charge >= 0.3 is 0 Å². The lowest BCUT2D eigenvalue weighted by Gasteiger charge is -2.32. The molecule has 27 heavy (non-hydrogen) atoms. The highest BCUT2D eigenvalue weighted by Gasteiger charge is 2.47. The number of hydrogen-bond donors (Lipinski definition) is 1. The standard InChI is InChI=1S/C19H12F2N4O2/c20-15-6-4-12-17(24-15)27-14-5-3-10(11-2-1-7-23-16(11)21)8-13(14)19(12)9-26-18(22)25-19/h1-8H,9H2,(H2,22,25). The van der Waals surface area contributed by atoms with Crippen molar-refractivity contribution in [3.8, 4) is 22.8 Å². The van der Waals surface area contributed by atoms with Crippen molar-refractivity contribution < 1.29 is 18.3 Å². The first-order valence-corrected chi connectivity index (χ1v) is 8.15. The average molecular weight is 366 g/mol. The molecule has 0 saturated heterocycles. The summed E-state index contributed by atoms with van der Waals surface area (Å²) in [6.07, 6.45) is 1.38. The van der Waals surface area contributed by atoms with Crippen molar-refractivity contribution in [3.05, 3.63) is 71.7 Å². The van der Waals surface area contributed by atoms with Crippen LogP contribution in [-0.4, -0.2) is 22.6 Å². The van der Waals surface area contributed by atoms with Crippen molar-refractivity contribution >= 4 is 6.02 Å². The fraction of sp³-hybridized carbons (Fsp3) is 0.105. The van der Waals surface area contributed by atoms with Crippen molar-refractivity contribution in [2.24, 2.45) is 10.7 Å². The first kappa shape index (κ1) is 15.7. The molecule has 4 heterocycles. The third kappa shape index (κ3) is 2.26. The van der Waals surface area contributed by atoms with E-state index in [0.717, 1.165) is 0 Å². The number of aromatic nitrogens is 2. The molecule has 1 aromatic carbocycles. The van der Waals surface area contributed by atoms with Crippen LogP contribution in [0.4, 0.5) is 8.78 Å². The Kier molecular flexibility index (Phi) is 3.18. The highest BCUT2D eigenvalue weighted by Crippen LogP contribution is 2.50. The number of rotatable bonds is 1. The van der Waals surface area contributed by atoms with Crippen molar-refractivity contribution in [1.82, 2.24) is 9.97 Å². The number of ether oxygens (including phenoxy) is 2. The van der Waals surface area contributed by atoms with Crippen molar-refractivity contribution in [2.75, 3.05) is 6.61 Å². The molecule has 0 fully saturated rings. The molecule has 1 spiro atoms. The molecule has 134 valence electrons. The second kappa shape index (κ2) is 5.47. The van der Waals surface area contributed by atoms with Crippen LogP contribution >= 0.6 is 0 Å². The molecular weight excluding hydrogens is 354 g/mol. The summed E-state index contributed by atoms with van der Waals surface area (Å²) in [4.78, 5) is 12.0. The Morgan fingerprint density at radius 2 is 1.96 bits per heavy atom. The second-order valence-electron chi connectivity index (χ2n) is 6.24. The molecule has 3 aromatic rings. The van der Waals surface area contributed by atoms with Gasteiger partial charge in [0.15, 0.2) is 5.54 Å². The van der Waals surface area contributed by atoms with E-state index in [1.807, 2.05) is 0 Å². The Balaban J connectivity index is 1.75. The average Bonchev–Trinajstić information content (AvgIpc) is 3.04. The van der Waals surface area contributed by atoms with Gasteiger partial charge in [0.1, 0.15) is 12.4 Å². The van der Waals surface area contributed by atoms with Gasteiger partial charge in [0.05, 0.1) is 5.56 Å². The van der Waals surface area contributed by atoms with Crippen LogP contribution in [0.1, 0.15) is 11.1 Å². The molecule has 8 heteroatoms. The second-order valence-corrected chi connectivity index (χ2v) is 6.24. The quantitative estimate of drug-likeness (QED) is 0.669. The minimum Gasteiger partial charge on any atom is -0.462 e. The van der Waals surface area contributed by atoms with Crippen LogP contribution in [0, 0.1) is 11.9 Å². The zero-order valence-electron chi connectivity index (χ0n) is 13.8. The zero-order chi connectivity index (χ0) is 18.6. The molecule has 2 aromatic heterocycles. The van der Waals surface area contributed by atoms with Gasteiger partial charge in [-0.2, -0.15) is 13.8 Å². The maximum absolute atomic E-state index is 14.2. The van der Waals surface area contributed by atoms with Crippen molar-refractivity contribution in [2.45, 2.75) is 5.54 Å². The molecule has 0 amide bonds. The highest BCUT2D eigenvalue weighted by atomic mass is 19.1. The van der Waals surface area contributed by atoms with E-state index < -0.39 is 17.4 Å². The Labute approximate surface area is 152 Å². The molecule has 1 atom stereocenters. The lowest BCUT2D eigenvalue weighted by Crippen LogP contribution is -2.31. The minimum atomic E-state index is -1.04. The number of pyridine rings is 2. The number of amidine groups is 1. The number of nitrogens with two attached hydrogens (primary N) is 1. The van der Waals surface area contributed by atoms with E-state index in [-0.39, 0.29) is 18.5 Å². The van der Waals surface area contributed by atoms with Gasteiger partial charge in [0.2, 0.25) is 17.8 Å². The van der Waals surface area contributed by atoms with Crippen molar-refractivity contribution in [1.29, 1.82) is 0 Å². The van der Waals surface area contributed by atoms with E-state index in [2.05, 4.69) is 15.0 Å². The normalized spacial score (nSPS) is 19.7. The van der Waals surface area contributed by atoms with Gasteiger partial charge in [0.25, 0.3) is 6.02 Å². The molecule has 1 unspecified atom stereocenters. The molecule has 0 aliphatic carbocycles. The van der Waals surface area contributed by atoms with Crippen LogP contribution in [0.15, 0.2) is 53.7 Å². The van der Waals surface area contributed by atoms with Gasteiger partial charge in [0, 0.05) is 17.3 Å². The number of halogens is 2. The van der Waals surface area contributed by atoms with Crippen LogP contribution in [0.2, 0.25) is 0 Å². The first-order valence-electron chi connectivity index (χ1n) is 8.15. The predicted octanol–water partition coefficient (Wildman–Crippen LogP) is 3.12. The molecule has 2 N–H and O–H groups in total. The zero-order valence-corrected chi connectivity index (χ0v) is 13.8. The summed E-state index contributed by atoms with van der Waals surface area (Å²) < 4.78 is 39.0. The van der Waals surface area contributed by atoms with Gasteiger partial charge in [-0.05, 0) is 42.0 Å². The number of nitrogens with zero attached hydrogens (tertiary/aromatic N) is 3. The van der Waals surface area contributed by atoms with Crippen LogP contribution < -0.4 is 10.5 Å². The fourth-order valence-electron chi connectivity index (χ4n) is 3.48. The van der Waals surface area contributed by atoms with E-state index in [0.29, 0.717) is 28.0 Å². The molecular formula is C19H12F2N4O2. The van der Waals surface area contributed by atoms with E-state index >= 15 is 0 Å². The van der Waals surface area contributed by atoms with Crippen LogP contribution in [-0.2, 0) is 10.3 Å². The third-order valence-corrected chi connectivity index (χ3v) is 4.70. The van der Waals surface area contributed by atoms with E-state index in [1.165, 1.54) is 12.3 Å². The fourth-order valence-corrected chi connectivity index (χ4v) is 3.48. The monoisotopic (exact) mass is 366 g/mol. The number of fused-ring (bicyclic) bond motifs is 4. The molecule has 5 rings (SSSR count). The van der Waals surface area contributed by atoms with Gasteiger partial charge in [-0.15, -0.1) is 0 Å². The SMILES string of the molecule is NC1=NC2(CO1)c1cc(-c3cccnc3F)ccc1Oc1nc(F)ccc12. The Hall–Kier alpha value is -3.55. The molecule has 0 bridgehead atoms. The van der Waals surface area contributed by atoms with E-state index in [4.69, 9.17) is 15.2 Å². The summed E-state index contributed by atoms with van der Waals surface area (Å²) in [6.45, 7) is 0.106. The Bertz CT molecular complexity index is 1120. The number of benzene rings is 1. The predicted molar refractivity (Wildman–Crippen MR) is 92.3 cm³/mol. The third-order valence-electron chi connectivity index (χ3n) is 4.70. The number of hydrogen-bond acceptors (Lipinski definition) is 6. The van der Waals surface area contributed by atoms with Crippen molar-refractivity contribution in [3.63, 3.8) is 0 Å². The molecule has 2 aliphatic heterocycles. The molecule has 0 saturated carbocycles. The van der Waals surface area contributed by atoms with Crippen LogP contribution in [0.3, 0.4) is 0 Å². The highest BCUT2D eigenvalue weighted by molar-refractivity contribution is 5.77. The van der Waals surface area contributed by atoms with E-state index in [1.54, 1.807) is 36.4 Å². The van der Waals surface area contributed by atoms with Crippen LogP contribution in [0.25, 0.3) is 11.1 Å². The molecule has 2 aliphatic rings. The Morgan fingerprint density at radius 1 is 1.07 bits per heavy atom. The minimum absolute atomic E-state index is 0.0103. The lowest BCUT2D eigenvalue weighted by molar-refractivity contribution is 0.261. The van der Waals surface area contributed by atoms with Gasteiger partial charge in [-0.1, -0.05) is 6.07 Å². The van der Waals surface area contributed by atoms with Gasteiger partial charge in [-0.3, -0.25) is 0 Å². The summed E-state index contributed by atoms with van der Waals surface area (Å²) in [5.74, 6) is -0.726. The number of aliphatic imine (C=N–C) groups is 1. The molecule has 6 nitrogen and oxygen atoms in total. The first-order chi connectivity index (χ1) is 13.1. The van der Waals surface area contributed by atoms with E-state index in [9.17, 15) is 8.78 Å². The summed E-state index contributed by atoms with van der Waals surface area (Å²) in [6, 6.07) is 11.2. The molecule has 0 radical (unpaired) electrons. The summed E-state index contributed by atoms with van der Waals surface area (Å²) in [5, 5.41) is 0. The smallest absolute Gasteiger partial charge is 0.283 e. The van der Waals surface area contributed by atoms with Gasteiger partial charge in [-0.25, -0.2) is 9.98 Å². The summed E-state index contributed by atoms with van der Waals surface area (Å²) in [7, 11) is 0. The maximum Gasteiger partial charge on any atom is 0.283 e. The summed E-state index contributed by atoms with van der Waals surface area (Å²) in [5.41, 5.74) is 6.84.